The van der Waals surface area contributed by atoms with Gasteiger partial charge < -0.3 is 9.05 Å². The van der Waals surface area contributed by atoms with Gasteiger partial charge in [0.2, 0.25) is 5.69 Å². The molecule has 20 heavy (non-hydrogen) atoms. The van der Waals surface area contributed by atoms with Crippen LogP contribution in [0.15, 0.2) is 23.1 Å². The van der Waals surface area contributed by atoms with E-state index < -0.39 is 5.69 Å². The van der Waals surface area contributed by atoms with Crippen molar-refractivity contribution in [2.75, 3.05) is 18.3 Å². The summed E-state index contributed by atoms with van der Waals surface area (Å²) in [6.45, 7) is 4.96. The molecule has 0 N–H and O–H groups in total. The molecule has 0 fully saturated rings. The van der Waals surface area contributed by atoms with Crippen molar-refractivity contribution in [1.82, 2.24) is 0 Å². The first-order valence-electron chi connectivity index (χ1n) is 5.62. The zero-order chi connectivity index (χ0) is 14.3. The molecule has 0 saturated carbocycles. The molecule has 0 aliphatic heterocycles. The minimum absolute atomic E-state index is 0. The topological polar surface area (TPSA) is 18.5 Å². The van der Waals surface area contributed by atoms with Crippen LogP contribution in [-0.4, -0.2) is 18.3 Å². The second-order valence-electron chi connectivity index (χ2n) is 3.25. The van der Waals surface area contributed by atoms with Crippen molar-refractivity contribution in [1.29, 1.82) is 0 Å². The largest absolute Gasteiger partial charge is 0.322 e. The van der Waals surface area contributed by atoms with E-state index in [1.165, 1.54) is 11.4 Å². The summed E-state index contributed by atoms with van der Waals surface area (Å²) >= 11 is 20.6. The van der Waals surface area contributed by atoms with Crippen LogP contribution in [0.5, 0.6) is 0 Å². The number of benzene rings is 1. The van der Waals surface area contributed by atoms with E-state index in [-0.39, 0.29) is 21.1 Å². The maximum absolute atomic E-state index is 6.10. The maximum atomic E-state index is 6.10. The third kappa shape index (κ3) is 7.85. The molecule has 1 aromatic rings. The van der Waals surface area contributed by atoms with Crippen molar-refractivity contribution in [3.05, 3.63) is 28.2 Å². The van der Waals surface area contributed by atoms with Crippen LogP contribution in [0.3, 0.4) is 0 Å². The Morgan fingerprint density at radius 2 is 1.80 bits per heavy atom. The van der Waals surface area contributed by atoms with E-state index in [1.54, 1.807) is 23.9 Å². The second kappa shape index (κ2) is 11.3. The van der Waals surface area contributed by atoms with Crippen molar-refractivity contribution in [3.8, 4) is 0 Å². The quantitative estimate of drug-likeness (QED) is 0.217. The molecule has 0 amide bonds. The third-order valence-electron chi connectivity index (χ3n) is 1.89. The fraction of sp³-hybridized carbons (Fsp3) is 0.455. The summed E-state index contributed by atoms with van der Waals surface area (Å²) in [5.74, 6) is 0. The van der Waals surface area contributed by atoms with Gasteiger partial charge in [-0.15, -0.1) is 11.8 Å². The summed E-state index contributed by atoms with van der Waals surface area (Å²) in [7, 11) is 0. The van der Waals surface area contributed by atoms with Gasteiger partial charge in [0, 0.05) is 31.0 Å². The molecule has 2 nitrogen and oxygen atoms in total. The Hall–Kier alpha value is 1.76. The molecule has 1 rings (SSSR count). The number of halogens is 2. The molecular formula is C11H15Cl2O2PS3W. The minimum atomic E-state index is -2.23. The van der Waals surface area contributed by atoms with E-state index in [1.807, 2.05) is 19.9 Å². The van der Waals surface area contributed by atoms with Crippen molar-refractivity contribution >= 4 is 63.8 Å². The molecule has 0 bridgehead atoms. The molecular weight excluding hydrogens is 546 g/mol. The molecule has 114 valence electrons. The van der Waals surface area contributed by atoms with Gasteiger partial charge in [0.25, 0.3) is 0 Å². The predicted molar refractivity (Wildman–Crippen MR) is 92.3 cm³/mol. The molecule has 9 heteroatoms. The summed E-state index contributed by atoms with van der Waals surface area (Å²) in [4.78, 5) is 0.941. The Morgan fingerprint density at radius 1 is 1.20 bits per heavy atom. The number of hydrogen-bond donors (Lipinski definition) is 0. The van der Waals surface area contributed by atoms with Crippen LogP contribution < -0.4 is 0 Å². The van der Waals surface area contributed by atoms with E-state index in [0.717, 1.165) is 9.98 Å². The Bertz CT molecular complexity index is 455. The Balaban J connectivity index is 0.00000361. The van der Waals surface area contributed by atoms with Crippen LogP contribution in [0.25, 0.3) is 0 Å². The second-order valence-corrected chi connectivity index (χ2v) is 11.8. The Morgan fingerprint density at radius 3 is 2.35 bits per heavy atom. The molecule has 0 saturated heterocycles. The standard InChI is InChI=1S/C11H15Cl2O2PS3.W/c1-3-14-16(17,15-4-2)19-8-18-11-7-9(12)5-6-10(11)13;/h5-7H,3-4,8H2,1-2H3;. The zero-order valence-corrected chi connectivity index (χ0v) is 18.8. The first-order chi connectivity index (χ1) is 9.00. The minimum Gasteiger partial charge on any atom is -0.322 e. The number of hydrogen-bond acceptors (Lipinski definition) is 5. The smallest absolute Gasteiger partial charge is 0.248 e. The van der Waals surface area contributed by atoms with E-state index in [9.17, 15) is 0 Å². The average molecular weight is 561 g/mol. The maximum Gasteiger partial charge on any atom is 0.248 e. The molecule has 0 radical (unpaired) electrons. The number of thioether (sulfide) groups is 1. The monoisotopic (exact) mass is 560 g/mol. The Kier molecular flexibility index (Phi) is 12.3. The van der Waals surface area contributed by atoms with Crippen LogP contribution >= 0.6 is 52.0 Å². The van der Waals surface area contributed by atoms with Crippen LogP contribution in [-0.2, 0) is 41.9 Å². The van der Waals surface area contributed by atoms with Crippen LogP contribution in [0.4, 0.5) is 0 Å². The van der Waals surface area contributed by atoms with E-state index in [0.29, 0.717) is 23.3 Å². The van der Waals surface area contributed by atoms with Crippen LogP contribution in [0.1, 0.15) is 13.8 Å². The molecule has 0 atom stereocenters. The fourth-order valence-corrected chi connectivity index (χ4v) is 8.71. The SMILES string of the molecule is CCOP(=S)(OCC)SCSc1cc(Cl)ccc1Cl.[W]. The summed E-state index contributed by atoms with van der Waals surface area (Å²) in [6.07, 6.45) is 0. The molecule has 0 aliphatic carbocycles. The van der Waals surface area contributed by atoms with E-state index in [2.05, 4.69) is 0 Å². The molecule has 0 aliphatic rings. The normalized spacial score (nSPS) is 11.2. The van der Waals surface area contributed by atoms with Gasteiger partial charge in [-0.2, -0.15) is 0 Å². The average Bonchev–Trinajstić information content (AvgIpc) is 2.34. The van der Waals surface area contributed by atoms with Gasteiger partial charge in [0.1, 0.15) is 0 Å². The predicted octanol–water partition coefficient (Wildman–Crippen LogP) is 6.07. The summed E-state index contributed by atoms with van der Waals surface area (Å²) in [6, 6.07) is 5.41. The third-order valence-corrected chi connectivity index (χ3v) is 9.69. The van der Waals surface area contributed by atoms with E-state index >= 15 is 0 Å². The van der Waals surface area contributed by atoms with Gasteiger partial charge in [-0.25, -0.2) is 0 Å². The van der Waals surface area contributed by atoms with Crippen molar-refractivity contribution < 1.29 is 30.1 Å². The van der Waals surface area contributed by atoms with Gasteiger partial charge in [-0.05, 0) is 43.9 Å². The molecule has 0 aromatic heterocycles. The van der Waals surface area contributed by atoms with Crippen molar-refractivity contribution in [2.24, 2.45) is 0 Å². The molecule has 1 aromatic carbocycles. The first kappa shape index (κ1) is 21.8. The molecule has 0 spiro atoms. The van der Waals surface area contributed by atoms with Gasteiger partial charge in [0.15, 0.2) is 0 Å². The number of rotatable bonds is 8. The van der Waals surface area contributed by atoms with Gasteiger partial charge in [-0.1, -0.05) is 34.6 Å². The summed E-state index contributed by atoms with van der Waals surface area (Å²) < 4.78 is 11.1. The van der Waals surface area contributed by atoms with Gasteiger partial charge in [-0.3, -0.25) is 0 Å². The molecule has 0 unspecified atom stereocenters. The molecule has 0 heterocycles. The Labute approximate surface area is 158 Å². The van der Waals surface area contributed by atoms with Gasteiger partial charge >= 0.3 is 0 Å². The van der Waals surface area contributed by atoms with Crippen LogP contribution in [0.2, 0.25) is 10.0 Å². The van der Waals surface area contributed by atoms with Crippen LogP contribution in [0, 0.1) is 0 Å². The fourth-order valence-electron chi connectivity index (χ4n) is 1.17. The van der Waals surface area contributed by atoms with E-state index in [4.69, 9.17) is 44.1 Å². The van der Waals surface area contributed by atoms with Gasteiger partial charge in [0.05, 0.1) is 23.3 Å². The zero-order valence-electron chi connectivity index (χ0n) is 11.0. The summed E-state index contributed by atoms with van der Waals surface area (Å²) in [5.41, 5.74) is -2.23. The summed E-state index contributed by atoms with van der Waals surface area (Å²) in [5, 5.41) is 2.08. The first-order valence-corrected chi connectivity index (χ1v) is 11.6. The van der Waals surface area contributed by atoms with Crippen molar-refractivity contribution in [2.45, 2.75) is 18.7 Å². The van der Waals surface area contributed by atoms with Crippen molar-refractivity contribution in [3.63, 3.8) is 0 Å².